The summed E-state index contributed by atoms with van der Waals surface area (Å²) in [6.07, 6.45) is 5.26. The van der Waals surface area contributed by atoms with Crippen LogP contribution in [0.4, 0.5) is 10.3 Å². The molecule has 0 amide bonds. The number of ether oxygens (including phenoxy) is 2. The summed E-state index contributed by atoms with van der Waals surface area (Å²) in [6.45, 7) is 14.2. The lowest BCUT2D eigenvalue weighted by Crippen LogP contribution is -2.26. The molecule has 244 valence electrons. The van der Waals surface area contributed by atoms with Gasteiger partial charge in [-0.3, -0.25) is 0 Å². The lowest BCUT2D eigenvalue weighted by atomic mass is 9.77. The second-order valence-electron chi connectivity index (χ2n) is 13.4. The minimum Gasteiger partial charge on any atom is -0.488 e. The number of aryl methyl sites for hydroxylation is 2. The Morgan fingerprint density at radius 2 is 1.72 bits per heavy atom. The van der Waals surface area contributed by atoms with E-state index < -0.39 is 15.8 Å². The average molecular weight is 648 g/mol. The van der Waals surface area contributed by atoms with Gasteiger partial charge in [0.2, 0.25) is 11.8 Å². The number of hydrogen-bond acceptors (Lipinski definition) is 8. The van der Waals surface area contributed by atoms with E-state index in [-0.39, 0.29) is 52.4 Å². The molecule has 0 saturated carbocycles. The summed E-state index contributed by atoms with van der Waals surface area (Å²) in [6, 6.07) is 12.4. The van der Waals surface area contributed by atoms with E-state index in [2.05, 4.69) is 45.4 Å². The van der Waals surface area contributed by atoms with Gasteiger partial charge in [0.05, 0.1) is 30.0 Å². The second-order valence-corrected chi connectivity index (χ2v) is 15.1. The Bertz CT molecular complexity index is 1790. The molecular formula is C35H42FN5O4S. The molecule has 46 heavy (non-hydrogen) atoms. The molecule has 2 aromatic heterocycles. The van der Waals surface area contributed by atoms with Crippen molar-refractivity contribution in [2.75, 3.05) is 11.3 Å². The number of nitrogens with zero attached hydrogens (tertiary/aromatic N) is 4. The molecule has 1 unspecified atom stereocenters. The van der Waals surface area contributed by atoms with Gasteiger partial charge in [0.25, 0.3) is 15.9 Å². The topological polar surface area (TPSA) is 116 Å². The molecule has 1 aliphatic rings. The molecule has 2 atom stereocenters. The predicted molar refractivity (Wildman–Crippen MR) is 176 cm³/mol. The lowest BCUT2D eigenvalue weighted by Gasteiger charge is -2.30. The van der Waals surface area contributed by atoms with Crippen LogP contribution in [0.5, 0.6) is 11.6 Å². The van der Waals surface area contributed by atoms with Gasteiger partial charge < -0.3 is 9.47 Å². The fourth-order valence-electron chi connectivity index (χ4n) is 5.75. The summed E-state index contributed by atoms with van der Waals surface area (Å²) in [5, 5.41) is 0. The normalized spacial score (nSPS) is 17.8. The van der Waals surface area contributed by atoms with Crippen molar-refractivity contribution in [1.29, 1.82) is 0 Å². The van der Waals surface area contributed by atoms with Gasteiger partial charge in [0.15, 0.2) is 5.75 Å². The van der Waals surface area contributed by atoms with Crippen LogP contribution in [0, 0.1) is 31.0 Å². The molecule has 2 aromatic carbocycles. The number of hydrogen-bond donors (Lipinski definition) is 1. The maximum Gasteiger partial charge on any atom is 0.264 e. The largest absolute Gasteiger partial charge is 0.488 e. The van der Waals surface area contributed by atoms with Gasteiger partial charge >= 0.3 is 0 Å². The van der Waals surface area contributed by atoms with Crippen molar-refractivity contribution in [2.45, 2.75) is 84.6 Å². The number of nitrogens with one attached hydrogen (secondary N) is 1. The van der Waals surface area contributed by atoms with Gasteiger partial charge in [0, 0.05) is 17.9 Å². The number of anilines is 1. The summed E-state index contributed by atoms with van der Waals surface area (Å²) >= 11 is 0. The summed E-state index contributed by atoms with van der Waals surface area (Å²) < 4.78 is 58.1. The molecule has 4 aromatic rings. The van der Waals surface area contributed by atoms with Crippen LogP contribution in [0.2, 0.25) is 0 Å². The molecule has 0 radical (unpaired) electrons. The zero-order valence-corrected chi connectivity index (χ0v) is 28.3. The molecule has 3 heterocycles. The third kappa shape index (κ3) is 7.81. The van der Waals surface area contributed by atoms with E-state index in [1.54, 1.807) is 24.5 Å². The van der Waals surface area contributed by atoms with Crippen LogP contribution >= 0.6 is 0 Å². The Labute approximate surface area is 271 Å². The number of rotatable bonds is 7. The molecule has 11 heteroatoms. The third-order valence-corrected chi connectivity index (χ3v) is 9.41. The molecule has 0 spiro atoms. The van der Waals surface area contributed by atoms with Crippen LogP contribution in [0.1, 0.15) is 75.9 Å². The number of sulfonamides is 1. The standard InChI is InChI=1S/C35H42FN5O4S/c1-21(2)45-26-18-37-29(38-19-26)17-28-24-12-9-13-27(16-24)46(42,43)41-34-39-32(30-22(3)10-8-11-23(30)4)31(36)33(40-34)44-20-25(28)14-15-35(5,6)7/h8-13,16,18-19,21,25,28H,14-15,17,20H2,1-7H3,(H,39,40,41)/t25-,28?/m1/s1. The first-order chi connectivity index (χ1) is 21.7. The first-order valence-electron chi connectivity index (χ1n) is 15.6. The van der Waals surface area contributed by atoms with Gasteiger partial charge in [-0.05, 0) is 80.7 Å². The fraction of sp³-hybridized carbons (Fsp3) is 0.429. The van der Waals surface area contributed by atoms with Gasteiger partial charge in [-0.2, -0.15) is 9.37 Å². The molecule has 9 nitrogen and oxygen atoms in total. The molecule has 0 saturated heterocycles. The Balaban J connectivity index is 1.64. The van der Waals surface area contributed by atoms with Crippen molar-refractivity contribution in [3.05, 3.63) is 83.2 Å². The van der Waals surface area contributed by atoms with E-state index in [4.69, 9.17) is 9.47 Å². The Morgan fingerprint density at radius 3 is 2.37 bits per heavy atom. The minimum absolute atomic E-state index is 0.0124. The van der Waals surface area contributed by atoms with Crippen LogP contribution < -0.4 is 14.2 Å². The maximum absolute atomic E-state index is 16.3. The maximum atomic E-state index is 16.3. The first kappa shape index (κ1) is 33.2. The van der Waals surface area contributed by atoms with Gasteiger partial charge in [-0.25, -0.2) is 28.1 Å². The number of benzene rings is 2. The molecule has 1 aliphatic heterocycles. The molecular weight excluding hydrogens is 605 g/mol. The number of aromatic nitrogens is 4. The van der Waals surface area contributed by atoms with Gasteiger partial charge in [0.1, 0.15) is 11.5 Å². The van der Waals surface area contributed by atoms with Crippen molar-refractivity contribution < 1.29 is 22.3 Å². The van der Waals surface area contributed by atoms with Crippen molar-refractivity contribution in [3.63, 3.8) is 0 Å². The first-order valence-corrected chi connectivity index (χ1v) is 17.1. The van der Waals surface area contributed by atoms with Gasteiger partial charge in [-0.15, -0.1) is 0 Å². The van der Waals surface area contributed by atoms with E-state index in [1.165, 1.54) is 6.07 Å². The zero-order chi connectivity index (χ0) is 33.2. The Kier molecular flexibility index (Phi) is 9.62. The predicted octanol–water partition coefficient (Wildman–Crippen LogP) is 7.44. The number of fused-ring (bicyclic) bond motifs is 4. The van der Waals surface area contributed by atoms with Crippen LogP contribution in [-0.4, -0.2) is 41.1 Å². The SMILES string of the molecule is Cc1cccc(C)c1-c1nc2nc(c1F)OC[C@@H](CCC(C)(C)C)C(Cc1ncc(OC(C)C)cn1)c1cccc(c1)S(=O)(=O)N2. The van der Waals surface area contributed by atoms with Crippen LogP contribution in [0.25, 0.3) is 11.3 Å². The van der Waals surface area contributed by atoms with Crippen molar-refractivity contribution in [3.8, 4) is 22.9 Å². The molecule has 4 bridgehead atoms. The monoisotopic (exact) mass is 647 g/mol. The van der Waals surface area contributed by atoms with Gasteiger partial charge in [-0.1, -0.05) is 51.1 Å². The quantitative estimate of drug-likeness (QED) is 0.220. The molecule has 0 fully saturated rings. The Morgan fingerprint density at radius 1 is 1.04 bits per heavy atom. The molecule has 0 aliphatic carbocycles. The summed E-state index contributed by atoms with van der Waals surface area (Å²) in [7, 11) is -4.15. The van der Waals surface area contributed by atoms with Crippen molar-refractivity contribution >= 4 is 16.0 Å². The van der Waals surface area contributed by atoms with Crippen LogP contribution in [-0.2, 0) is 16.4 Å². The van der Waals surface area contributed by atoms with Crippen LogP contribution in [0.15, 0.2) is 59.8 Å². The zero-order valence-electron chi connectivity index (χ0n) is 27.5. The molecule has 5 rings (SSSR count). The summed E-state index contributed by atoms with van der Waals surface area (Å²) in [4.78, 5) is 17.8. The fourth-order valence-corrected chi connectivity index (χ4v) is 6.75. The highest BCUT2D eigenvalue weighted by Crippen LogP contribution is 2.38. The highest BCUT2D eigenvalue weighted by atomic mass is 32.2. The Hall–Kier alpha value is -4.12. The van der Waals surface area contributed by atoms with E-state index in [0.717, 1.165) is 29.5 Å². The van der Waals surface area contributed by atoms with E-state index in [1.807, 2.05) is 52.0 Å². The number of halogens is 1. The van der Waals surface area contributed by atoms with Crippen LogP contribution in [0.3, 0.4) is 0 Å². The van der Waals surface area contributed by atoms with Crippen molar-refractivity contribution in [2.24, 2.45) is 11.3 Å². The lowest BCUT2D eigenvalue weighted by molar-refractivity contribution is 0.182. The van der Waals surface area contributed by atoms with E-state index in [9.17, 15) is 8.42 Å². The average Bonchev–Trinajstić information content (AvgIpc) is 2.97. The molecule has 1 N–H and O–H groups in total. The second kappa shape index (κ2) is 13.3. The third-order valence-electron chi connectivity index (χ3n) is 8.09. The highest BCUT2D eigenvalue weighted by Gasteiger charge is 2.31. The minimum atomic E-state index is -4.15. The smallest absolute Gasteiger partial charge is 0.264 e. The van der Waals surface area contributed by atoms with E-state index in [0.29, 0.717) is 23.6 Å². The summed E-state index contributed by atoms with van der Waals surface area (Å²) in [5.41, 5.74) is 2.92. The van der Waals surface area contributed by atoms with Crippen molar-refractivity contribution in [1.82, 2.24) is 19.9 Å². The highest BCUT2D eigenvalue weighted by molar-refractivity contribution is 7.92. The summed E-state index contributed by atoms with van der Waals surface area (Å²) in [5.74, 6) is -0.587. The van der Waals surface area contributed by atoms with E-state index >= 15 is 4.39 Å².